The molecule has 4 aromatic carbocycles. The van der Waals surface area contributed by atoms with Crippen LogP contribution in [0.2, 0.25) is 0 Å². The first kappa shape index (κ1) is 31.7. The zero-order chi connectivity index (χ0) is 34.7. The molecule has 2 bridgehead atoms. The van der Waals surface area contributed by atoms with Crippen LogP contribution in [0.5, 0.6) is 11.5 Å². The molecule has 2 heterocycles. The van der Waals surface area contributed by atoms with Crippen LogP contribution in [-0.4, -0.2) is 47.6 Å². The van der Waals surface area contributed by atoms with Gasteiger partial charge in [0.1, 0.15) is 11.5 Å². The van der Waals surface area contributed by atoms with Crippen LogP contribution in [0.15, 0.2) is 109 Å². The number of hydrogen-bond acceptors (Lipinski definition) is 6. The maximum atomic E-state index is 14.9. The molecule has 2 saturated heterocycles. The van der Waals surface area contributed by atoms with Crippen LogP contribution in [-0.2, 0) is 32.3 Å². The number of rotatable bonds is 9. The Kier molecular flexibility index (Phi) is 7.70. The van der Waals surface area contributed by atoms with Gasteiger partial charge in [-0.05, 0) is 64.1 Å². The predicted octanol–water partition coefficient (Wildman–Crippen LogP) is 6.26. The quantitative estimate of drug-likeness (QED) is 0.196. The predicted molar refractivity (Wildman–Crippen MR) is 187 cm³/mol. The van der Waals surface area contributed by atoms with Gasteiger partial charge in [0, 0.05) is 11.3 Å². The summed E-state index contributed by atoms with van der Waals surface area (Å²) in [5, 5.41) is 0. The highest BCUT2D eigenvalue weighted by atomic mass is 16.5. The Balaban J connectivity index is 1.32. The minimum Gasteiger partial charge on any atom is -0.497 e. The van der Waals surface area contributed by atoms with Crippen LogP contribution in [0.1, 0.15) is 35.6 Å². The van der Waals surface area contributed by atoms with Crippen molar-refractivity contribution >= 4 is 34.8 Å². The van der Waals surface area contributed by atoms with E-state index < -0.39 is 35.0 Å². The van der Waals surface area contributed by atoms with E-state index >= 15 is 0 Å². The molecule has 5 aliphatic rings. The number of likely N-dealkylation sites (tertiary alicyclic amines) is 2. The Labute approximate surface area is 291 Å². The summed E-state index contributed by atoms with van der Waals surface area (Å²) in [6.07, 6.45) is 0.396. The topological polar surface area (TPSA) is 93.2 Å². The average molecular weight is 667 g/mol. The molecule has 4 aromatic rings. The van der Waals surface area contributed by atoms with Gasteiger partial charge in [0.25, 0.3) is 0 Å². The molecular weight excluding hydrogens is 628 g/mol. The van der Waals surface area contributed by atoms with Crippen molar-refractivity contribution in [2.24, 2.45) is 35.0 Å². The lowest BCUT2D eigenvalue weighted by Crippen LogP contribution is -2.60. The van der Waals surface area contributed by atoms with Gasteiger partial charge in [0.15, 0.2) is 0 Å². The van der Waals surface area contributed by atoms with Gasteiger partial charge in [-0.15, -0.1) is 0 Å². The molecule has 252 valence electrons. The maximum Gasteiger partial charge on any atom is 0.234 e. The van der Waals surface area contributed by atoms with Crippen molar-refractivity contribution in [1.29, 1.82) is 0 Å². The molecule has 1 saturated carbocycles. The SMILES string of the molecule is CCC12C(c3ccccc3)=C(c3ccccc3)C(C3C(=O)N(Cc4ccc(OC)cc4)C(=O)C31)C1C(=O)N(Cc3ccc(OC)cc3)C(=O)C12. The molecule has 3 aliphatic carbocycles. The fourth-order valence-corrected chi connectivity index (χ4v) is 9.55. The molecule has 4 amide bonds. The van der Waals surface area contributed by atoms with Gasteiger partial charge in [-0.2, -0.15) is 0 Å². The van der Waals surface area contributed by atoms with Crippen molar-refractivity contribution in [3.63, 3.8) is 0 Å². The van der Waals surface area contributed by atoms with E-state index in [1.165, 1.54) is 9.80 Å². The molecule has 4 unspecified atom stereocenters. The van der Waals surface area contributed by atoms with E-state index in [4.69, 9.17) is 9.47 Å². The van der Waals surface area contributed by atoms with Gasteiger partial charge in [-0.3, -0.25) is 29.0 Å². The van der Waals surface area contributed by atoms with Gasteiger partial charge in [-0.1, -0.05) is 91.9 Å². The molecular formula is C42H38N2O6. The second-order valence-electron chi connectivity index (χ2n) is 13.7. The molecule has 0 N–H and O–H groups in total. The lowest BCUT2D eigenvalue weighted by Gasteiger charge is -2.59. The van der Waals surface area contributed by atoms with Gasteiger partial charge in [-0.25, -0.2) is 0 Å². The number of benzene rings is 4. The summed E-state index contributed by atoms with van der Waals surface area (Å²) >= 11 is 0. The van der Waals surface area contributed by atoms with Crippen molar-refractivity contribution in [1.82, 2.24) is 9.80 Å². The van der Waals surface area contributed by atoms with Gasteiger partial charge < -0.3 is 9.47 Å². The smallest absolute Gasteiger partial charge is 0.234 e. The lowest BCUT2D eigenvalue weighted by molar-refractivity contribution is -0.145. The molecule has 9 rings (SSSR count). The number of imide groups is 2. The van der Waals surface area contributed by atoms with Crippen LogP contribution >= 0.6 is 0 Å². The standard InChI is InChI=1S/C42H38N2O6/c1-4-42-35(28-13-9-6-10-14-28)31(27-11-7-5-8-12-27)32(33-36(42)40(47)43(38(33)45)23-25-15-19-29(49-2)20-16-25)34-37(42)41(48)44(39(34)46)24-26-17-21-30(50-3)22-18-26/h5-22,32-34,36-37H,4,23-24H2,1-3H3. The highest BCUT2D eigenvalue weighted by Crippen LogP contribution is 2.73. The number of carbonyl (C=O) groups is 4. The number of amides is 4. The summed E-state index contributed by atoms with van der Waals surface area (Å²) in [4.78, 5) is 62.1. The zero-order valence-corrected chi connectivity index (χ0v) is 28.2. The van der Waals surface area contributed by atoms with Crippen LogP contribution in [0.3, 0.4) is 0 Å². The first-order valence-corrected chi connectivity index (χ1v) is 17.2. The number of methoxy groups -OCH3 is 2. The summed E-state index contributed by atoms with van der Waals surface area (Å²) in [7, 11) is 3.18. The van der Waals surface area contributed by atoms with E-state index in [0.29, 0.717) is 17.9 Å². The molecule has 0 aromatic heterocycles. The summed E-state index contributed by atoms with van der Waals surface area (Å²) in [5.41, 5.74) is 4.06. The Hall–Kier alpha value is -5.50. The van der Waals surface area contributed by atoms with Crippen LogP contribution in [0, 0.1) is 35.0 Å². The second-order valence-corrected chi connectivity index (χ2v) is 13.7. The van der Waals surface area contributed by atoms with Gasteiger partial charge in [0.2, 0.25) is 23.6 Å². The van der Waals surface area contributed by atoms with Crippen molar-refractivity contribution in [2.75, 3.05) is 14.2 Å². The fourth-order valence-electron chi connectivity index (χ4n) is 9.55. The Bertz CT molecular complexity index is 1930. The third kappa shape index (κ3) is 4.50. The minimum atomic E-state index is -1.11. The van der Waals surface area contributed by atoms with E-state index in [0.717, 1.165) is 33.4 Å². The Morgan fingerprint density at radius 1 is 0.540 bits per heavy atom. The second kappa shape index (κ2) is 12.1. The first-order valence-electron chi connectivity index (χ1n) is 17.2. The first-order chi connectivity index (χ1) is 24.3. The molecule has 2 aliphatic heterocycles. The van der Waals surface area contributed by atoms with Crippen molar-refractivity contribution < 1.29 is 28.7 Å². The van der Waals surface area contributed by atoms with Crippen LogP contribution in [0.25, 0.3) is 11.1 Å². The largest absolute Gasteiger partial charge is 0.497 e. The highest BCUT2D eigenvalue weighted by Gasteiger charge is 2.77. The summed E-state index contributed by atoms with van der Waals surface area (Å²) in [6.45, 7) is 2.20. The van der Waals surface area contributed by atoms with Gasteiger partial charge >= 0.3 is 0 Å². The van der Waals surface area contributed by atoms with E-state index in [1.807, 2.05) is 116 Å². The minimum absolute atomic E-state index is 0.101. The zero-order valence-electron chi connectivity index (χ0n) is 28.2. The molecule has 50 heavy (non-hydrogen) atoms. The lowest BCUT2D eigenvalue weighted by atomic mass is 9.40. The summed E-state index contributed by atoms with van der Waals surface area (Å²) < 4.78 is 10.6. The summed E-state index contributed by atoms with van der Waals surface area (Å²) in [6, 6.07) is 34.4. The monoisotopic (exact) mass is 666 g/mol. The Morgan fingerprint density at radius 3 is 1.36 bits per heavy atom. The van der Waals surface area contributed by atoms with Crippen molar-refractivity contribution in [3.8, 4) is 11.5 Å². The molecule has 8 nitrogen and oxygen atoms in total. The summed E-state index contributed by atoms with van der Waals surface area (Å²) in [5.74, 6) is -3.63. The van der Waals surface area contributed by atoms with Crippen molar-refractivity contribution in [3.05, 3.63) is 131 Å². The number of nitrogens with zero attached hydrogens (tertiary/aromatic N) is 2. The van der Waals surface area contributed by atoms with E-state index in [9.17, 15) is 19.2 Å². The molecule has 4 atom stereocenters. The molecule has 0 radical (unpaired) electrons. The third-order valence-corrected chi connectivity index (χ3v) is 11.6. The van der Waals surface area contributed by atoms with Crippen LogP contribution < -0.4 is 9.47 Å². The normalized spacial score (nSPS) is 26.8. The molecule has 0 spiro atoms. The Morgan fingerprint density at radius 2 is 0.960 bits per heavy atom. The molecule has 8 heteroatoms. The molecule has 3 fully saturated rings. The van der Waals surface area contributed by atoms with E-state index in [1.54, 1.807) is 14.2 Å². The van der Waals surface area contributed by atoms with Gasteiger partial charge in [0.05, 0.1) is 51.0 Å². The third-order valence-electron chi connectivity index (χ3n) is 11.6. The van der Waals surface area contributed by atoms with E-state index in [2.05, 4.69) is 0 Å². The van der Waals surface area contributed by atoms with Crippen molar-refractivity contribution in [2.45, 2.75) is 26.4 Å². The maximum absolute atomic E-state index is 14.9. The number of allylic oxidation sites excluding steroid dienone is 2. The van der Waals surface area contributed by atoms with Crippen LogP contribution in [0.4, 0.5) is 0 Å². The number of ether oxygens (including phenoxy) is 2. The fraction of sp³-hybridized carbons (Fsp3) is 0.286. The number of hydrogen-bond donors (Lipinski definition) is 0. The average Bonchev–Trinajstić information content (AvgIpc) is 3.57. The number of carbonyl (C=O) groups excluding carboxylic acids is 4. The highest BCUT2D eigenvalue weighted by molar-refractivity contribution is 6.17. The van der Waals surface area contributed by atoms with E-state index in [-0.39, 0.29) is 36.7 Å².